The summed E-state index contributed by atoms with van der Waals surface area (Å²) in [6.07, 6.45) is 4.18. The van der Waals surface area contributed by atoms with Crippen molar-refractivity contribution in [3.8, 4) is 0 Å². The number of aryl methyl sites for hydroxylation is 1. The standard InChI is InChI=1S/C12H14N4O/c1-2-10-15-11(7-12(17)16-10)14-8-9-3-5-13-6-4-9/h3-7H,2,8H2,1H3,(H2,14,15,16,17). The quantitative estimate of drug-likeness (QED) is 0.831. The molecule has 0 aliphatic carbocycles. The first-order chi connectivity index (χ1) is 8.28. The molecule has 0 aromatic carbocycles. The summed E-state index contributed by atoms with van der Waals surface area (Å²) >= 11 is 0. The van der Waals surface area contributed by atoms with Crippen molar-refractivity contribution in [2.75, 3.05) is 5.32 Å². The van der Waals surface area contributed by atoms with Crippen LogP contribution in [0.3, 0.4) is 0 Å². The molecule has 2 heterocycles. The zero-order valence-electron chi connectivity index (χ0n) is 9.60. The number of nitrogens with one attached hydrogen (secondary N) is 2. The van der Waals surface area contributed by atoms with Gasteiger partial charge in [0.2, 0.25) is 0 Å². The molecule has 0 saturated carbocycles. The molecule has 17 heavy (non-hydrogen) atoms. The lowest BCUT2D eigenvalue weighted by atomic mass is 10.3. The Labute approximate surface area is 99.0 Å². The highest BCUT2D eigenvalue weighted by Crippen LogP contribution is 2.03. The number of aromatic nitrogens is 3. The number of hydrogen-bond acceptors (Lipinski definition) is 4. The first kappa shape index (κ1) is 11.3. The first-order valence-corrected chi connectivity index (χ1v) is 5.51. The zero-order chi connectivity index (χ0) is 12.1. The van der Waals surface area contributed by atoms with E-state index in [-0.39, 0.29) is 5.56 Å². The Bertz CT molecular complexity index is 536. The highest BCUT2D eigenvalue weighted by molar-refractivity contribution is 5.34. The lowest BCUT2D eigenvalue weighted by Crippen LogP contribution is -2.13. The Kier molecular flexibility index (Phi) is 3.49. The molecule has 2 aromatic rings. The van der Waals surface area contributed by atoms with Gasteiger partial charge in [-0.3, -0.25) is 9.78 Å². The molecule has 0 spiro atoms. The van der Waals surface area contributed by atoms with Crippen LogP contribution in [0.1, 0.15) is 18.3 Å². The fraction of sp³-hybridized carbons (Fsp3) is 0.250. The highest BCUT2D eigenvalue weighted by atomic mass is 16.1. The van der Waals surface area contributed by atoms with Gasteiger partial charge < -0.3 is 10.3 Å². The smallest absolute Gasteiger partial charge is 0.252 e. The average Bonchev–Trinajstić information content (AvgIpc) is 2.37. The molecule has 0 saturated heterocycles. The van der Waals surface area contributed by atoms with Crippen molar-refractivity contribution in [2.24, 2.45) is 0 Å². The SMILES string of the molecule is CCc1nc(NCc2ccncc2)cc(=O)[nH]1. The summed E-state index contributed by atoms with van der Waals surface area (Å²) in [4.78, 5) is 22.2. The van der Waals surface area contributed by atoms with Gasteiger partial charge in [0.15, 0.2) is 0 Å². The number of nitrogens with zero attached hydrogens (tertiary/aromatic N) is 2. The molecule has 2 N–H and O–H groups in total. The number of rotatable bonds is 4. The van der Waals surface area contributed by atoms with Crippen LogP contribution in [-0.4, -0.2) is 15.0 Å². The van der Waals surface area contributed by atoms with Crippen molar-refractivity contribution >= 4 is 5.82 Å². The third-order valence-corrected chi connectivity index (χ3v) is 2.35. The fourth-order valence-electron chi connectivity index (χ4n) is 1.46. The van der Waals surface area contributed by atoms with Gasteiger partial charge in [-0.25, -0.2) is 4.98 Å². The van der Waals surface area contributed by atoms with Gasteiger partial charge in [0.1, 0.15) is 11.6 Å². The van der Waals surface area contributed by atoms with E-state index in [0.717, 1.165) is 5.56 Å². The Morgan fingerprint density at radius 2 is 2.12 bits per heavy atom. The van der Waals surface area contributed by atoms with Crippen molar-refractivity contribution in [3.05, 3.63) is 52.3 Å². The maximum absolute atomic E-state index is 11.3. The Balaban J connectivity index is 2.09. The second-order valence-corrected chi connectivity index (χ2v) is 3.64. The highest BCUT2D eigenvalue weighted by Gasteiger charge is 1.99. The molecular formula is C12H14N4O. The van der Waals surface area contributed by atoms with Gasteiger partial charge in [-0.15, -0.1) is 0 Å². The van der Waals surface area contributed by atoms with Gasteiger partial charge in [-0.1, -0.05) is 6.92 Å². The molecule has 0 bridgehead atoms. The van der Waals surface area contributed by atoms with Gasteiger partial charge in [-0.2, -0.15) is 0 Å². The van der Waals surface area contributed by atoms with E-state index in [4.69, 9.17) is 0 Å². The van der Waals surface area contributed by atoms with Gasteiger partial charge >= 0.3 is 0 Å². The van der Waals surface area contributed by atoms with E-state index < -0.39 is 0 Å². The maximum Gasteiger partial charge on any atom is 0.252 e. The van der Waals surface area contributed by atoms with E-state index in [0.29, 0.717) is 24.6 Å². The van der Waals surface area contributed by atoms with Crippen LogP contribution in [0, 0.1) is 0 Å². The molecule has 0 amide bonds. The van der Waals surface area contributed by atoms with E-state index in [1.807, 2.05) is 19.1 Å². The van der Waals surface area contributed by atoms with Crippen LogP contribution in [-0.2, 0) is 13.0 Å². The minimum atomic E-state index is -0.130. The molecule has 5 heteroatoms. The van der Waals surface area contributed by atoms with E-state index >= 15 is 0 Å². The number of hydrogen-bond donors (Lipinski definition) is 2. The molecule has 0 unspecified atom stereocenters. The second-order valence-electron chi connectivity index (χ2n) is 3.64. The van der Waals surface area contributed by atoms with E-state index in [1.54, 1.807) is 12.4 Å². The normalized spacial score (nSPS) is 10.2. The van der Waals surface area contributed by atoms with Crippen LogP contribution >= 0.6 is 0 Å². The van der Waals surface area contributed by atoms with Crippen molar-refractivity contribution < 1.29 is 0 Å². The number of aromatic amines is 1. The third-order valence-electron chi connectivity index (χ3n) is 2.35. The van der Waals surface area contributed by atoms with Crippen molar-refractivity contribution in [3.63, 3.8) is 0 Å². The van der Waals surface area contributed by atoms with E-state index in [9.17, 15) is 4.79 Å². The predicted octanol–water partition coefficient (Wildman–Crippen LogP) is 1.34. The Morgan fingerprint density at radius 1 is 1.35 bits per heavy atom. The summed E-state index contributed by atoms with van der Waals surface area (Å²) < 4.78 is 0. The molecule has 0 aliphatic heterocycles. The maximum atomic E-state index is 11.3. The van der Waals surface area contributed by atoms with Crippen molar-refractivity contribution in [1.82, 2.24) is 15.0 Å². The Morgan fingerprint density at radius 3 is 2.82 bits per heavy atom. The zero-order valence-corrected chi connectivity index (χ0v) is 9.60. The summed E-state index contributed by atoms with van der Waals surface area (Å²) in [6, 6.07) is 5.29. The largest absolute Gasteiger partial charge is 0.366 e. The fourth-order valence-corrected chi connectivity index (χ4v) is 1.46. The summed E-state index contributed by atoms with van der Waals surface area (Å²) in [5.74, 6) is 1.29. The topological polar surface area (TPSA) is 70.7 Å². The second kappa shape index (κ2) is 5.25. The van der Waals surface area contributed by atoms with Crippen LogP contribution in [0.25, 0.3) is 0 Å². The summed E-state index contributed by atoms with van der Waals surface area (Å²) in [7, 11) is 0. The van der Waals surface area contributed by atoms with Crippen molar-refractivity contribution in [2.45, 2.75) is 19.9 Å². The molecule has 0 radical (unpaired) electrons. The lowest BCUT2D eigenvalue weighted by molar-refractivity contribution is 0.914. The monoisotopic (exact) mass is 230 g/mol. The molecule has 0 fully saturated rings. The van der Waals surface area contributed by atoms with Crippen LogP contribution < -0.4 is 10.9 Å². The molecule has 0 atom stereocenters. The molecule has 2 aromatic heterocycles. The third kappa shape index (κ3) is 3.14. The van der Waals surface area contributed by atoms with Crippen LogP contribution in [0.4, 0.5) is 5.82 Å². The molecule has 88 valence electrons. The molecule has 2 rings (SSSR count). The summed E-state index contributed by atoms with van der Waals surface area (Å²) in [5, 5.41) is 3.12. The van der Waals surface area contributed by atoms with Crippen molar-refractivity contribution in [1.29, 1.82) is 0 Å². The number of pyridine rings is 1. The minimum absolute atomic E-state index is 0.130. The summed E-state index contributed by atoms with van der Waals surface area (Å²) in [5.41, 5.74) is 0.967. The van der Waals surface area contributed by atoms with Crippen LogP contribution in [0.2, 0.25) is 0 Å². The molecule has 5 nitrogen and oxygen atoms in total. The van der Waals surface area contributed by atoms with Gasteiger partial charge in [0.05, 0.1) is 0 Å². The number of H-pyrrole nitrogens is 1. The van der Waals surface area contributed by atoms with Gasteiger partial charge in [-0.05, 0) is 17.7 Å². The minimum Gasteiger partial charge on any atom is -0.366 e. The lowest BCUT2D eigenvalue weighted by Gasteiger charge is -2.06. The predicted molar refractivity (Wildman–Crippen MR) is 65.8 cm³/mol. The number of anilines is 1. The van der Waals surface area contributed by atoms with E-state index in [2.05, 4.69) is 20.3 Å². The van der Waals surface area contributed by atoms with E-state index in [1.165, 1.54) is 6.07 Å². The Hall–Kier alpha value is -2.17. The van der Waals surface area contributed by atoms with Crippen LogP contribution in [0.15, 0.2) is 35.4 Å². The van der Waals surface area contributed by atoms with Crippen LogP contribution in [0.5, 0.6) is 0 Å². The van der Waals surface area contributed by atoms with Gasteiger partial charge in [0, 0.05) is 31.4 Å². The average molecular weight is 230 g/mol. The first-order valence-electron chi connectivity index (χ1n) is 5.51. The molecular weight excluding hydrogens is 216 g/mol. The van der Waals surface area contributed by atoms with Gasteiger partial charge in [0.25, 0.3) is 5.56 Å². The molecule has 0 aliphatic rings. The summed E-state index contributed by atoms with van der Waals surface area (Å²) in [6.45, 7) is 2.58.